The van der Waals surface area contributed by atoms with Gasteiger partial charge < -0.3 is 5.11 Å². The van der Waals surface area contributed by atoms with Crippen LogP contribution in [0.3, 0.4) is 0 Å². The highest BCUT2D eigenvalue weighted by Gasteiger charge is 2.38. The summed E-state index contributed by atoms with van der Waals surface area (Å²) in [4.78, 5) is 16.2. The van der Waals surface area contributed by atoms with E-state index in [4.69, 9.17) is 11.6 Å². The molecule has 1 aliphatic heterocycles. The lowest BCUT2D eigenvalue weighted by molar-refractivity contribution is -0.137. The number of hydrogen-bond acceptors (Lipinski definition) is 3. The first-order chi connectivity index (χ1) is 8.73. The highest BCUT2D eigenvalue weighted by molar-refractivity contribution is 6.35. The fourth-order valence-electron chi connectivity index (χ4n) is 1.66. The Morgan fingerprint density at radius 1 is 1.47 bits per heavy atom. The molecule has 0 aliphatic carbocycles. The van der Waals surface area contributed by atoms with Gasteiger partial charge in [0, 0.05) is 11.8 Å². The molecule has 8 heteroatoms. The molecule has 1 atom stereocenters. The van der Waals surface area contributed by atoms with Gasteiger partial charge in [-0.05, 0) is 19.1 Å². The molecule has 4 nitrogen and oxygen atoms in total. The van der Waals surface area contributed by atoms with Gasteiger partial charge in [0.2, 0.25) is 0 Å². The van der Waals surface area contributed by atoms with Gasteiger partial charge in [-0.3, -0.25) is 9.69 Å². The Labute approximate surface area is 111 Å². The van der Waals surface area contributed by atoms with Crippen molar-refractivity contribution >= 4 is 23.3 Å². The third kappa shape index (κ3) is 2.31. The molecule has 102 valence electrons. The van der Waals surface area contributed by atoms with Gasteiger partial charge in [0.05, 0.1) is 10.6 Å². The number of rotatable bonds is 1. The van der Waals surface area contributed by atoms with Crippen molar-refractivity contribution in [2.24, 2.45) is 0 Å². The van der Waals surface area contributed by atoms with Crippen LogP contribution in [0.15, 0.2) is 28.9 Å². The third-order valence-electron chi connectivity index (χ3n) is 2.69. The first-order valence-electron chi connectivity index (χ1n) is 5.14. The standard InChI is InChI=1S/C11H8ClF3N2O2/c1-5-8(12)10(19)17(9(5)18)7-4-6(2-3-16-7)11(13,14)15/h2-4,10,19H,1H3. The molecule has 0 bridgehead atoms. The van der Waals surface area contributed by atoms with E-state index in [1.807, 2.05) is 0 Å². The van der Waals surface area contributed by atoms with Gasteiger partial charge in [-0.25, -0.2) is 4.98 Å². The average molecular weight is 293 g/mol. The number of alkyl halides is 3. The minimum atomic E-state index is -4.56. The molecule has 2 rings (SSSR count). The van der Waals surface area contributed by atoms with Gasteiger partial charge in [0.15, 0.2) is 6.23 Å². The molecule has 0 saturated heterocycles. The second kappa shape index (κ2) is 4.50. The zero-order valence-corrected chi connectivity index (χ0v) is 10.3. The molecule has 1 aromatic heterocycles. The number of halogens is 4. The van der Waals surface area contributed by atoms with Crippen molar-refractivity contribution in [3.63, 3.8) is 0 Å². The number of aromatic nitrogens is 1. The van der Waals surface area contributed by atoms with Gasteiger partial charge in [0.25, 0.3) is 5.91 Å². The predicted octanol–water partition coefficient (Wildman–Crippen LogP) is 2.28. The van der Waals surface area contributed by atoms with E-state index in [1.54, 1.807) is 0 Å². The van der Waals surface area contributed by atoms with E-state index in [0.29, 0.717) is 11.0 Å². The third-order valence-corrected chi connectivity index (χ3v) is 3.17. The van der Waals surface area contributed by atoms with Crippen LogP contribution in [-0.4, -0.2) is 22.2 Å². The molecule has 0 fully saturated rings. The van der Waals surface area contributed by atoms with Crippen molar-refractivity contribution in [3.8, 4) is 0 Å². The van der Waals surface area contributed by atoms with Crippen molar-refractivity contribution in [1.82, 2.24) is 4.98 Å². The zero-order chi connectivity index (χ0) is 14.4. The summed E-state index contributed by atoms with van der Waals surface area (Å²) in [5.41, 5.74) is -0.883. The Bertz CT molecular complexity index is 571. The Morgan fingerprint density at radius 3 is 2.58 bits per heavy atom. The maximum Gasteiger partial charge on any atom is 0.416 e. The van der Waals surface area contributed by atoms with Gasteiger partial charge in [0.1, 0.15) is 5.82 Å². The number of anilines is 1. The number of aliphatic hydroxyl groups is 1. The van der Waals surface area contributed by atoms with E-state index >= 15 is 0 Å². The summed E-state index contributed by atoms with van der Waals surface area (Å²) in [6, 6.07) is 1.46. The van der Waals surface area contributed by atoms with Gasteiger partial charge >= 0.3 is 6.18 Å². The quantitative estimate of drug-likeness (QED) is 0.864. The average Bonchev–Trinajstić information content (AvgIpc) is 2.53. The van der Waals surface area contributed by atoms with E-state index in [9.17, 15) is 23.1 Å². The summed E-state index contributed by atoms with van der Waals surface area (Å²) in [6.07, 6.45) is -5.15. The van der Waals surface area contributed by atoms with Crippen LogP contribution in [0.5, 0.6) is 0 Å². The largest absolute Gasteiger partial charge is 0.416 e. The SMILES string of the molecule is CC1=C(Cl)C(O)N(c2cc(C(F)(F)F)ccn2)C1=O. The fraction of sp³-hybridized carbons (Fsp3) is 0.273. The van der Waals surface area contributed by atoms with Crippen LogP contribution in [-0.2, 0) is 11.0 Å². The van der Waals surface area contributed by atoms with Crippen LogP contribution in [0.2, 0.25) is 0 Å². The lowest BCUT2D eigenvalue weighted by Crippen LogP contribution is -2.35. The minimum Gasteiger partial charge on any atom is -0.368 e. The van der Waals surface area contributed by atoms with Crippen molar-refractivity contribution in [2.45, 2.75) is 19.3 Å². The number of carbonyl (C=O) groups is 1. The van der Waals surface area contributed by atoms with E-state index in [1.165, 1.54) is 6.92 Å². The topological polar surface area (TPSA) is 53.4 Å². The normalized spacial score (nSPS) is 20.4. The Hall–Kier alpha value is -1.60. The first-order valence-corrected chi connectivity index (χ1v) is 5.52. The molecule has 1 aromatic rings. The predicted molar refractivity (Wildman–Crippen MR) is 61.3 cm³/mol. The maximum absolute atomic E-state index is 12.6. The van der Waals surface area contributed by atoms with E-state index in [0.717, 1.165) is 12.3 Å². The van der Waals surface area contributed by atoms with Crippen molar-refractivity contribution in [1.29, 1.82) is 0 Å². The molecule has 0 aromatic carbocycles. The molecule has 1 unspecified atom stereocenters. The summed E-state index contributed by atoms with van der Waals surface area (Å²) in [5, 5.41) is 9.62. The molecule has 1 N–H and O–H groups in total. The van der Waals surface area contributed by atoms with Crippen molar-refractivity contribution < 1.29 is 23.1 Å². The lowest BCUT2D eigenvalue weighted by atomic mass is 10.2. The molecule has 1 amide bonds. The molecule has 1 aliphatic rings. The summed E-state index contributed by atoms with van der Waals surface area (Å²) in [7, 11) is 0. The second-order valence-corrected chi connectivity index (χ2v) is 4.33. The molecule has 0 saturated carbocycles. The number of carbonyl (C=O) groups excluding carboxylic acids is 1. The van der Waals surface area contributed by atoms with E-state index < -0.39 is 23.9 Å². The van der Waals surface area contributed by atoms with Crippen LogP contribution in [0, 0.1) is 0 Å². The number of amides is 1. The van der Waals surface area contributed by atoms with Crippen molar-refractivity contribution in [3.05, 3.63) is 34.5 Å². The Balaban J connectivity index is 2.42. The van der Waals surface area contributed by atoms with E-state index in [2.05, 4.69) is 4.98 Å². The van der Waals surface area contributed by atoms with Crippen LogP contribution in [0.1, 0.15) is 12.5 Å². The molecular weight excluding hydrogens is 285 g/mol. The van der Waals surface area contributed by atoms with Gasteiger partial charge in [-0.15, -0.1) is 0 Å². The monoisotopic (exact) mass is 292 g/mol. The molecular formula is C11H8ClF3N2O2. The number of pyridine rings is 1. The molecule has 19 heavy (non-hydrogen) atoms. The summed E-state index contributed by atoms with van der Waals surface area (Å²) in [5.74, 6) is -0.980. The number of hydrogen-bond donors (Lipinski definition) is 1. The highest BCUT2D eigenvalue weighted by Crippen LogP contribution is 2.34. The minimum absolute atomic E-state index is 0.0772. The molecule has 2 heterocycles. The van der Waals surface area contributed by atoms with Gasteiger partial charge in [-0.2, -0.15) is 13.2 Å². The zero-order valence-electron chi connectivity index (χ0n) is 9.57. The second-order valence-electron chi connectivity index (χ2n) is 3.92. The first kappa shape index (κ1) is 13.8. The van der Waals surface area contributed by atoms with Crippen LogP contribution in [0.4, 0.5) is 19.0 Å². The Kier molecular flexibility index (Phi) is 3.27. The number of aliphatic hydroxyl groups excluding tert-OH is 1. The van der Waals surface area contributed by atoms with Crippen LogP contribution < -0.4 is 4.90 Å². The smallest absolute Gasteiger partial charge is 0.368 e. The summed E-state index contributed by atoms with van der Waals surface area (Å²) in [6.45, 7) is 1.38. The van der Waals surface area contributed by atoms with E-state index in [-0.39, 0.29) is 16.4 Å². The lowest BCUT2D eigenvalue weighted by Gasteiger charge is -2.21. The number of nitrogens with zero attached hydrogens (tertiary/aromatic N) is 2. The Morgan fingerprint density at radius 2 is 2.11 bits per heavy atom. The molecule has 0 radical (unpaired) electrons. The van der Waals surface area contributed by atoms with Crippen LogP contribution in [0.25, 0.3) is 0 Å². The van der Waals surface area contributed by atoms with Gasteiger partial charge in [-0.1, -0.05) is 11.6 Å². The highest BCUT2D eigenvalue weighted by atomic mass is 35.5. The van der Waals surface area contributed by atoms with Crippen molar-refractivity contribution in [2.75, 3.05) is 4.90 Å². The fourth-order valence-corrected chi connectivity index (χ4v) is 1.84. The molecule has 0 spiro atoms. The summed E-state index contributed by atoms with van der Waals surface area (Å²) < 4.78 is 37.7. The summed E-state index contributed by atoms with van der Waals surface area (Å²) >= 11 is 5.70. The van der Waals surface area contributed by atoms with Crippen LogP contribution >= 0.6 is 11.6 Å². The maximum atomic E-state index is 12.6.